The van der Waals surface area contributed by atoms with Crippen LogP contribution in [0.1, 0.15) is 12.8 Å². The minimum atomic E-state index is 0.292. The van der Waals surface area contributed by atoms with Gasteiger partial charge in [-0.2, -0.15) is 10.2 Å². The molecular formula is C7H17N9O. The summed E-state index contributed by atoms with van der Waals surface area (Å²) in [5.74, 6) is 9.28. The first-order chi connectivity index (χ1) is 8.13. The van der Waals surface area contributed by atoms with Crippen molar-refractivity contribution in [1.82, 2.24) is 4.90 Å². The Kier molecular flexibility index (Phi) is 13.6. The molecule has 0 spiro atoms. The van der Waals surface area contributed by atoms with Gasteiger partial charge >= 0.3 is 0 Å². The van der Waals surface area contributed by atoms with Crippen molar-refractivity contribution in [3.63, 3.8) is 0 Å². The van der Waals surface area contributed by atoms with Crippen molar-refractivity contribution in [2.24, 2.45) is 32.1 Å². The number of nitrogens with zero attached hydrogens (tertiary/aromatic N) is 5. The zero-order valence-electron chi connectivity index (χ0n) is 9.58. The van der Waals surface area contributed by atoms with Crippen LogP contribution in [-0.4, -0.2) is 37.1 Å². The fraction of sp³-hybridized carbons (Fsp3) is 0.571. The molecule has 0 bridgehead atoms. The van der Waals surface area contributed by atoms with E-state index in [1.54, 1.807) is 4.90 Å². The Hall–Kier alpha value is -2.39. The van der Waals surface area contributed by atoms with E-state index in [9.17, 15) is 4.79 Å². The van der Waals surface area contributed by atoms with Gasteiger partial charge in [0.1, 0.15) is 0 Å². The van der Waals surface area contributed by atoms with Gasteiger partial charge in [0, 0.05) is 20.0 Å². The Labute approximate surface area is 98.7 Å². The fourth-order valence-corrected chi connectivity index (χ4v) is 0.850. The van der Waals surface area contributed by atoms with Crippen molar-refractivity contribution in [3.8, 4) is 0 Å². The van der Waals surface area contributed by atoms with Crippen LogP contribution >= 0.6 is 0 Å². The molecule has 1 aliphatic heterocycles. The van der Waals surface area contributed by atoms with E-state index in [-0.39, 0.29) is 0 Å². The van der Waals surface area contributed by atoms with Gasteiger partial charge in [0.15, 0.2) is 12.7 Å². The summed E-state index contributed by atoms with van der Waals surface area (Å²) in [4.78, 5) is 12.3. The molecule has 6 N–H and O–H groups in total. The molecule has 0 unspecified atom stereocenters. The molecule has 10 nitrogen and oxygen atoms in total. The molecule has 0 atom stereocenters. The van der Waals surface area contributed by atoms with Gasteiger partial charge in [-0.25, -0.2) is 11.1 Å². The number of amides is 1. The second kappa shape index (κ2) is 13.6. The summed E-state index contributed by atoms with van der Waals surface area (Å²) in [6.07, 6.45) is 3.70. The molecule has 1 saturated heterocycles. The summed E-state index contributed by atoms with van der Waals surface area (Å²) in [7, 11) is 1.84. The molecule has 0 aliphatic carbocycles. The van der Waals surface area contributed by atoms with E-state index in [2.05, 4.69) is 32.1 Å². The average molecular weight is 243 g/mol. The smallest absolute Gasteiger partial charge is 0.222 e. The number of nitrogens with one attached hydrogen (secondary N) is 2. The van der Waals surface area contributed by atoms with Crippen LogP contribution in [0.5, 0.6) is 0 Å². The third-order valence-corrected chi connectivity index (χ3v) is 1.56. The van der Waals surface area contributed by atoms with Crippen LogP contribution in [0.25, 0.3) is 0 Å². The maximum atomic E-state index is 10.5. The molecule has 0 aromatic rings. The summed E-state index contributed by atoms with van der Waals surface area (Å²) < 4.78 is 0. The second-order valence-corrected chi connectivity index (χ2v) is 2.71. The largest absolute Gasteiger partial charge is 0.346 e. The monoisotopic (exact) mass is 243 g/mol. The number of carbonyl (C=O) groups excluding carboxylic acids is 1. The first-order valence-electron chi connectivity index (χ1n) is 4.54. The minimum Gasteiger partial charge on any atom is -0.346 e. The number of nitrogens with two attached hydrogens (primary N) is 2. The zero-order valence-corrected chi connectivity index (χ0v) is 9.58. The van der Waals surface area contributed by atoms with E-state index in [4.69, 9.17) is 11.1 Å². The molecule has 96 valence electrons. The highest BCUT2D eigenvalue weighted by Gasteiger charge is 2.14. The number of likely N-dealkylation sites (tertiary alicyclic amines) is 1. The van der Waals surface area contributed by atoms with Crippen molar-refractivity contribution in [2.75, 3.05) is 13.6 Å². The highest BCUT2D eigenvalue weighted by Crippen LogP contribution is 2.04. The van der Waals surface area contributed by atoms with E-state index in [0.29, 0.717) is 5.91 Å². The lowest BCUT2D eigenvalue weighted by Gasteiger charge is -2.03. The summed E-state index contributed by atoms with van der Waals surface area (Å²) in [5, 5.41) is 11.1. The molecule has 1 heterocycles. The van der Waals surface area contributed by atoms with Crippen LogP contribution in [0, 0.1) is 11.1 Å². The lowest BCUT2D eigenvalue weighted by molar-refractivity contribution is -0.126. The van der Waals surface area contributed by atoms with Gasteiger partial charge in [0.2, 0.25) is 5.91 Å². The van der Waals surface area contributed by atoms with Crippen molar-refractivity contribution < 1.29 is 4.79 Å². The molecule has 10 heteroatoms. The molecule has 1 rings (SSSR count). The number of carbonyl (C=O) groups is 1. The first-order valence-corrected chi connectivity index (χ1v) is 4.54. The number of hydrazone groups is 2. The maximum Gasteiger partial charge on any atom is 0.222 e. The van der Waals surface area contributed by atoms with Crippen molar-refractivity contribution in [2.45, 2.75) is 12.8 Å². The van der Waals surface area contributed by atoms with Gasteiger partial charge in [-0.3, -0.25) is 4.79 Å². The Balaban J connectivity index is 0. The molecule has 1 aliphatic rings. The van der Waals surface area contributed by atoms with Crippen LogP contribution in [0.15, 0.2) is 20.4 Å². The Morgan fingerprint density at radius 1 is 1.24 bits per heavy atom. The summed E-state index contributed by atoms with van der Waals surface area (Å²) >= 11 is 0. The van der Waals surface area contributed by atoms with E-state index >= 15 is 0 Å². The number of rotatable bonds is 2. The first kappa shape index (κ1) is 17.0. The van der Waals surface area contributed by atoms with Gasteiger partial charge in [0.05, 0.1) is 0 Å². The maximum absolute atomic E-state index is 10.5. The molecule has 0 radical (unpaired) electrons. The summed E-state index contributed by atoms with van der Waals surface area (Å²) in [6.45, 7) is 0.957. The number of hydrogen-bond donors (Lipinski definition) is 4. The van der Waals surface area contributed by atoms with Crippen molar-refractivity contribution >= 4 is 18.6 Å². The molecule has 17 heavy (non-hydrogen) atoms. The highest BCUT2D eigenvalue weighted by atomic mass is 16.2. The van der Waals surface area contributed by atoms with Crippen molar-refractivity contribution in [1.29, 1.82) is 11.1 Å². The van der Waals surface area contributed by atoms with Gasteiger partial charge in [-0.1, -0.05) is 0 Å². The fourth-order valence-electron chi connectivity index (χ4n) is 0.850. The van der Waals surface area contributed by atoms with Gasteiger partial charge in [-0.05, 0) is 6.42 Å². The van der Waals surface area contributed by atoms with Gasteiger partial charge in [0.25, 0.3) is 0 Å². The van der Waals surface area contributed by atoms with Gasteiger partial charge < -0.3 is 16.6 Å². The lowest BCUT2D eigenvalue weighted by Crippen LogP contribution is -2.17. The van der Waals surface area contributed by atoms with Crippen LogP contribution < -0.4 is 11.7 Å². The predicted octanol–water partition coefficient (Wildman–Crippen LogP) is 0.0773. The molecule has 1 amide bonds. The van der Waals surface area contributed by atoms with Crippen LogP contribution in [0.4, 0.5) is 0 Å². The number of hydrogen-bond acceptors (Lipinski definition) is 7. The van der Waals surface area contributed by atoms with Crippen LogP contribution in [0.2, 0.25) is 0 Å². The van der Waals surface area contributed by atoms with Crippen LogP contribution in [-0.2, 0) is 4.79 Å². The quantitative estimate of drug-likeness (QED) is 0.177. The SMILES string of the molecule is CN1CCCC1=O.N=NC=NN.N=NC=NN. The second-order valence-electron chi connectivity index (χ2n) is 2.71. The lowest BCUT2D eigenvalue weighted by atomic mass is 10.4. The summed E-state index contributed by atoms with van der Waals surface area (Å²) in [5.41, 5.74) is 12.0. The molecule has 0 saturated carbocycles. The van der Waals surface area contributed by atoms with E-state index in [1.165, 1.54) is 0 Å². The van der Waals surface area contributed by atoms with Gasteiger partial charge in [-0.15, -0.1) is 10.2 Å². The third kappa shape index (κ3) is 13.6. The van der Waals surface area contributed by atoms with E-state index < -0.39 is 0 Å². The topological polar surface area (TPSA) is 169 Å². The molecule has 1 fully saturated rings. The molecular weight excluding hydrogens is 226 g/mol. The van der Waals surface area contributed by atoms with Crippen molar-refractivity contribution in [3.05, 3.63) is 0 Å². The minimum absolute atomic E-state index is 0.292. The standard InChI is InChI=1S/C5H9NO.2CH4N4/c1-6-4-2-3-5(6)7;2*2-4-1-5-3/h2-4H2,1H3;2*1-2H,3H2. The van der Waals surface area contributed by atoms with E-state index in [1.807, 2.05) is 7.05 Å². The Morgan fingerprint density at radius 3 is 1.76 bits per heavy atom. The molecule has 0 aromatic heterocycles. The average Bonchev–Trinajstić information content (AvgIpc) is 2.67. The highest BCUT2D eigenvalue weighted by molar-refractivity contribution is 5.77. The summed E-state index contributed by atoms with van der Waals surface area (Å²) in [6, 6.07) is 0. The zero-order chi connectivity index (χ0) is 13.5. The Morgan fingerprint density at radius 2 is 1.71 bits per heavy atom. The normalized spacial score (nSPS) is 13.9. The Bertz CT molecular complexity index is 259. The van der Waals surface area contributed by atoms with Crippen LogP contribution in [0.3, 0.4) is 0 Å². The third-order valence-electron chi connectivity index (χ3n) is 1.56. The predicted molar refractivity (Wildman–Crippen MR) is 62.5 cm³/mol. The van der Waals surface area contributed by atoms with E-state index in [0.717, 1.165) is 32.1 Å². The molecule has 0 aromatic carbocycles.